The fourth-order valence-electron chi connectivity index (χ4n) is 3.66. The smallest absolute Gasteiger partial charge is 0.327 e. The highest BCUT2D eigenvalue weighted by atomic mass is 32.2. The number of nitrogens with one attached hydrogen (secondary N) is 2. The number of urea groups is 1. The van der Waals surface area contributed by atoms with Gasteiger partial charge in [-0.2, -0.15) is 5.11 Å². The quantitative estimate of drug-likeness (QED) is 0.339. The molecule has 0 radical (unpaired) electrons. The Balaban J connectivity index is 1.60. The summed E-state index contributed by atoms with van der Waals surface area (Å²) in [5.74, 6) is -0.0523. The Labute approximate surface area is 184 Å². The molecule has 4 rings (SSSR count). The average Bonchev–Trinajstić information content (AvgIpc) is 3.57. The summed E-state index contributed by atoms with van der Waals surface area (Å²) in [4.78, 5) is 26.9. The highest BCUT2D eigenvalue weighted by Crippen LogP contribution is 2.43. The molecule has 2 aromatic carbocycles. The Morgan fingerprint density at radius 1 is 1.26 bits per heavy atom. The lowest BCUT2D eigenvalue weighted by molar-refractivity contribution is -0.124. The highest BCUT2D eigenvalue weighted by Gasteiger charge is 2.33. The van der Waals surface area contributed by atoms with Crippen molar-refractivity contribution < 1.29 is 14.0 Å². The molecule has 9 heteroatoms. The molecule has 0 spiro atoms. The van der Waals surface area contributed by atoms with Gasteiger partial charge >= 0.3 is 6.03 Å². The van der Waals surface area contributed by atoms with E-state index >= 15 is 0 Å². The SMILES string of the molecule is CSc1c(-c2ccc(CN3CC(=O)N(C)C3=O)c(F)c2)ccc(NCC2CC2)c1N=N. The highest BCUT2D eigenvalue weighted by molar-refractivity contribution is 7.98. The van der Waals surface area contributed by atoms with Crippen LogP contribution in [0.2, 0.25) is 0 Å². The number of imide groups is 1. The van der Waals surface area contributed by atoms with E-state index in [0.29, 0.717) is 22.7 Å². The van der Waals surface area contributed by atoms with Gasteiger partial charge in [0.15, 0.2) is 0 Å². The summed E-state index contributed by atoms with van der Waals surface area (Å²) in [6.45, 7) is 0.858. The number of hydrogen-bond donors (Lipinski definition) is 2. The molecule has 7 nitrogen and oxygen atoms in total. The van der Waals surface area contributed by atoms with Crippen LogP contribution in [-0.4, -0.2) is 48.1 Å². The normalized spacial score (nSPS) is 16.2. The minimum absolute atomic E-state index is 0.0355. The Bertz CT molecular complexity index is 1060. The van der Waals surface area contributed by atoms with Crippen LogP contribution in [0.15, 0.2) is 40.3 Å². The summed E-state index contributed by atoms with van der Waals surface area (Å²) in [6.07, 6.45) is 4.37. The lowest BCUT2D eigenvalue weighted by Crippen LogP contribution is -2.29. The molecular weight excluding hydrogens is 417 g/mol. The number of amides is 3. The van der Waals surface area contributed by atoms with Crippen LogP contribution >= 0.6 is 11.8 Å². The molecule has 2 fully saturated rings. The van der Waals surface area contributed by atoms with Gasteiger partial charge in [0.2, 0.25) is 5.91 Å². The van der Waals surface area contributed by atoms with Gasteiger partial charge in [-0.05, 0) is 48.3 Å². The van der Waals surface area contributed by atoms with Crippen molar-refractivity contribution in [3.8, 4) is 11.1 Å². The fraction of sp³-hybridized carbons (Fsp3) is 0.364. The second kappa shape index (κ2) is 8.66. The molecule has 1 heterocycles. The third kappa shape index (κ3) is 4.27. The van der Waals surface area contributed by atoms with Crippen molar-refractivity contribution in [1.82, 2.24) is 9.80 Å². The number of halogens is 1. The van der Waals surface area contributed by atoms with Crippen molar-refractivity contribution in [2.24, 2.45) is 11.0 Å². The molecule has 0 aromatic heterocycles. The van der Waals surface area contributed by atoms with Crippen LogP contribution in [0.25, 0.3) is 11.1 Å². The zero-order chi connectivity index (χ0) is 22.1. The van der Waals surface area contributed by atoms with E-state index in [1.54, 1.807) is 12.1 Å². The summed E-state index contributed by atoms with van der Waals surface area (Å²) in [7, 11) is 1.42. The monoisotopic (exact) mass is 441 g/mol. The minimum Gasteiger partial charge on any atom is -0.383 e. The zero-order valence-corrected chi connectivity index (χ0v) is 18.3. The minimum atomic E-state index is -0.445. The molecule has 31 heavy (non-hydrogen) atoms. The van der Waals surface area contributed by atoms with Gasteiger partial charge in [0.1, 0.15) is 18.0 Å². The molecular formula is C22H24FN5O2S. The molecule has 3 amide bonds. The largest absolute Gasteiger partial charge is 0.383 e. The van der Waals surface area contributed by atoms with Gasteiger partial charge < -0.3 is 10.2 Å². The third-order valence-corrected chi connectivity index (χ3v) is 6.53. The average molecular weight is 442 g/mol. The van der Waals surface area contributed by atoms with Crippen molar-refractivity contribution in [3.05, 3.63) is 41.7 Å². The van der Waals surface area contributed by atoms with E-state index in [4.69, 9.17) is 5.53 Å². The van der Waals surface area contributed by atoms with Crippen LogP contribution in [0.4, 0.5) is 20.6 Å². The summed E-state index contributed by atoms with van der Waals surface area (Å²) in [5, 5.41) is 7.13. The van der Waals surface area contributed by atoms with E-state index in [1.807, 2.05) is 18.4 Å². The van der Waals surface area contributed by atoms with Crippen molar-refractivity contribution in [3.63, 3.8) is 0 Å². The van der Waals surface area contributed by atoms with Crippen molar-refractivity contribution in [2.45, 2.75) is 24.3 Å². The van der Waals surface area contributed by atoms with Crippen LogP contribution in [0.3, 0.4) is 0 Å². The predicted molar refractivity (Wildman–Crippen MR) is 118 cm³/mol. The number of hydrogen-bond acceptors (Lipinski definition) is 6. The molecule has 0 bridgehead atoms. The van der Waals surface area contributed by atoms with Crippen molar-refractivity contribution in [2.75, 3.05) is 31.7 Å². The zero-order valence-electron chi connectivity index (χ0n) is 17.4. The predicted octanol–water partition coefficient (Wildman–Crippen LogP) is 5.09. The number of carbonyl (C=O) groups excluding carboxylic acids is 2. The van der Waals surface area contributed by atoms with E-state index < -0.39 is 11.8 Å². The first kappa shape index (κ1) is 21.3. The number of thioether (sulfide) groups is 1. The molecule has 1 aliphatic heterocycles. The summed E-state index contributed by atoms with van der Waals surface area (Å²) in [6, 6.07) is 8.25. The lowest BCUT2D eigenvalue weighted by Gasteiger charge is -2.17. The standard InChI is InChI=1S/C22H24FN5O2S/c1-27-19(29)12-28(22(27)30)11-15-6-5-14(9-17(15)23)16-7-8-18(25-10-13-3-4-13)20(26-24)21(16)31-2/h5-9,13,24-25H,3-4,10-12H2,1-2H3. The first-order valence-corrected chi connectivity index (χ1v) is 11.3. The number of benzene rings is 2. The van der Waals surface area contributed by atoms with E-state index in [9.17, 15) is 14.0 Å². The Morgan fingerprint density at radius 3 is 2.61 bits per heavy atom. The summed E-state index contributed by atoms with van der Waals surface area (Å²) in [5.41, 5.74) is 10.9. The van der Waals surface area contributed by atoms with Crippen LogP contribution in [-0.2, 0) is 11.3 Å². The van der Waals surface area contributed by atoms with Gasteiger partial charge in [0.05, 0.1) is 12.2 Å². The molecule has 162 valence electrons. The molecule has 2 aliphatic rings. The molecule has 0 unspecified atom stereocenters. The maximum atomic E-state index is 14.9. The van der Waals surface area contributed by atoms with Gasteiger partial charge in [-0.3, -0.25) is 9.69 Å². The molecule has 1 aliphatic carbocycles. The number of rotatable bonds is 8. The Hall–Kier alpha value is -2.94. The number of carbonyl (C=O) groups is 2. The topological polar surface area (TPSA) is 88.9 Å². The van der Waals surface area contributed by atoms with Gasteiger partial charge in [0, 0.05) is 24.1 Å². The first-order chi connectivity index (χ1) is 14.9. The molecule has 1 saturated carbocycles. The Morgan fingerprint density at radius 2 is 2.03 bits per heavy atom. The van der Waals surface area contributed by atoms with Crippen LogP contribution in [0.1, 0.15) is 18.4 Å². The maximum absolute atomic E-state index is 14.9. The molecule has 2 N–H and O–H groups in total. The van der Waals surface area contributed by atoms with Gasteiger partial charge in [-0.15, -0.1) is 11.8 Å². The molecule has 0 atom stereocenters. The lowest BCUT2D eigenvalue weighted by atomic mass is 10.0. The van der Waals surface area contributed by atoms with Gasteiger partial charge in [-0.25, -0.2) is 14.7 Å². The number of anilines is 1. The van der Waals surface area contributed by atoms with Crippen LogP contribution in [0.5, 0.6) is 0 Å². The fourth-order valence-corrected chi connectivity index (χ4v) is 4.42. The Kier molecular flexibility index (Phi) is 5.95. The van der Waals surface area contributed by atoms with E-state index in [2.05, 4.69) is 10.4 Å². The van der Waals surface area contributed by atoms with Crippen molar-refractivity contribution in [1.29, 1.82) is 5.53 Å². The van der Waals surface area contributed by atoms with E-state index in [1.165, 1.54) is 42.6 Å². The maximum Gasteiger partial charge on any atom is 0.327 e. The van der Waals surface area contributed by atoms with Crippen molar-refractivity contribution >= 4 is 35.1 Å². The van der Waals surface area contributed by atoms with Gasteiger partial charge in [-0.1, -0.05) is 18.2 Å². The van der Waals surface area contributed by atoms with E-state index in [-0.39, 0.29) is 19.0 Å². The summed E-state index contributed by atoms with van der Waals surface area (Å²) >= 11 is 1.47. The number of nitrogens with zero attached hydrogens (tertiary/aromatic N) is 3. The molecule has 2 aromatic rings. The van der Waals surface area contributed by atoms with Crippen LogP contribution < -0.4 is 5.32 Å². The second-order valence-corrected chi connectivity index (χ2v) is 8.69. The first-order valence-electron chi connectivity index (χ1n) is 10.1. The third-order valence-electron chi connectivity index (χ3n) is 5.71. The van der Waals surface area contributed by atoms with E-state index in [0.717, 1.165) is 27.6 Å². The summed E-state index contributed by atoms with van der Waals surface area (Å²) < 4.78 is 14.9. The number of likely N-dealkylation sites (N-methyl/N-ethyl adjacent to an activating group) is 1. The molecule has 1 saturated heterocycles. The second-order valence-electron chi connectivity index (χ2n) is 7.88. The van der Waals surface area contributed by atoms with Crippen LogP contribution in [0, 0.1) is 17.3 Å². The van der Waals surface area contributed by atoms with Gasteiger partial charge in [0.25, 0.3) is 0 Å².